The van der Waals surface area contributed by atoms with E-state index in [1.165, 1.54) is 22.2 Å². The summed E-state index contributed by atoms with van der Waals surface area (Å²) in [5, 5.41) is 1.79. The molecule has 0 aliphatic carbocycles. The van der Waals surface area contributed by atoms with Gasteiger partial charge in [-0.2, -0.15) is 0 Å². The van der Waals surface area contributed by atoms with Gasteiger partial charge in [0.05, 0.1) is 16.6 Å². The maximum Gasteiger partial charge on any atom is 0.260 e. The largest absolute Gasteiger partial charge is 0.368 e. The smallest absolute Gasteiger partial charge is 0.260 e. The number of carbonyl (C=O) groups is 1. The fourth-order valence-electron chi connectivity index (χ4n) is 5.63. The van der Waals surface area contributed by atoms with Crippen LogP contribution < -0.4 is 9.80 Å². The van der Waals surface area contributed by atoms with Gasteiger partial charge in [-0.05, 0) is 54.8 Å². The van der Waals surface area contributed by atoms with Crippen molar-refractivity contribution in [1.29, 1.82) is 0 Å². The Bertz CT molecular complexity index is 1360. The summed E-state index contributed by atoms with van der Waals surface area (Å²) in [6.45, 7) is 4.78. The fraction of sp³-hybridized carbons (Fsp3) is 0.276. The normalized spacial score (nSPS) is 18.6. The number of fused-ring (bicyclic) bond motifs is 2. The van der Waals surface area contributed by atoms with E-state index in [0.29, 0.717) is 10.6 Å². The number of nitrogens with one attached hydrogen (secondary N) is 1. The summed E-state index contributed by atoms with van der Waals surface area (Å²) >= 11 is 6.45. The molecule has 1 atom stereocenters. The van der Waals surface area contributed by atoms with Crippen molar-refractivity contribution in [3.8, 4) is 0 Å². The maximum absolute atomic E-state index is 13.8. The van der Waals surface area contributed by atoms with Crippen LogP contribution in [0.2, 0.25) is 5.02 Å². The lowest BCUT2D eigenvalue weighted by Gasteiger charge is -2.42. The average molecular weight is 485 g/mol. The number of aromatic nitrogens is 1. The van der Waals surface area contributed by atoms with Crippen molar-refractivity contribution in [2.75, 3.05) is 42.5 Å². The Morgan fingerprint density at radius 1 is 0.886 bits per heavy atom. The summed E-state index contributed by atoms with van der Waals surface area (Å²) in [5.41, 5.74) is 5.30. The third kappa shape index (κ3) is 4.19. The number of amides is 1. The zero-order valence-electron chi connectivity index (χ0n) is 19.7. The Labute approximate surface area is 210 Å². The number of hydrogen-bond acceptors (Lipinski definition) is 3. The van der Waals surface area contributed by atoms with Crippen LogP contribution in [0, 0.1) is 0 Å². The van der Waals surface area contributed by atoms with Crippen molar-refractivity contribution < 1.29 is 4.79 Å². The molecule has 0 radical (unpaired) electrons. The van der Waals surface area contributed by atoms with Gasteiger partial charge in [0, 0.05) is 61.2 Å². The van der Waals surface area contributed by atoms with Gasteiger partial charge >= 0.3 is 0 Å². The van der Waals surface area contributed by atoms with Gasteiger partial charge in [-0.15, -0.1) is 0 Å². The molecule has 1 unspecified atom stereocenters. The van der Waals surface area contributed by atoms with E-state index >= 15 is 0 Å². The van der Waals surface area contributed by atoms with Gasteiger partial charge in [0.25, 0.3) is 5.91 Å². The Balaban J connectivity index is 1.21. The number of halogens is 1. The fourth-order valence-corrected chi connectivity index (χ4v) is 5.85. The molecule has 0 spiro atoms. The molecule has 1 aromatic heterocycles. The van der Waals surface area contributed by atoms with Gasteiger partial charge in [0.1, 0.15) is 0 Å². The Morgan fingerprint density at radius 2 is 1.66 bits per heavy atom. The molecule has 178 valence electrons. The molecule has 4 aromatic rings. The summed E-state index contributed by atoms with van der Waals surface area (Å²) in [6, 6.07) is 24.4. The standard InChI is InChI=1S/C29H29ClN4O/c30-25-8-3-2-7-23(25)29(35)34-22(13-12-21-6-1-4-10-27(21)34)20-32-16-18-33(19-17-32)28-11-5-9-26-24(28)14-15-31-26/h1-11,14-15,22,31H,12-13,16-20H2. The van der Waals surface area contributed by atoms with Crippen molar-refractivity contribution in [2.24, 2.45) is 0 Å². The quantitative estimate of drug-likeness (QED) is 0.409. The number of H-pyrrole nitrogens is 1. The Morgan fingerprint density at radius 3 is 2.51 bits per heavy atom. The minimum atomic E-state index is -0.00878. The lowest BCUT2D eigenvalue weighted by atomic mass is 9.94. The molecule has 0 bridgehead atoms. The minimum Gasteiger partial charge on any atom is -0.368 e. The third-order valence-electron chi connectivity index (χ3n) is 7.44. The average Bonchev–Trinajstić information content (AvgIpc) is 3.38. The van der Waals surface area contributed by atoms with E-state index in [2.05, 4.69) is 57.2 Å². The first-order valence-corrected chi connectivity index (χ1v) is 12.8. The summed E-state index contributed by atoms with van der Waals surface area (Å²) in [7, 11) is 0. The topological polar surface area (TPSA) is 42.6 Å². The van der Waals surface area contributed by atoms with Gasteiger partial charge in [0.15, 0.2) is 0 Å². The van der Waals surface area contributed by atoms with Gasteiger partial charge in [-0.25, -0.2) is 0 Å². The first-order valence-electron chi connectivity index (χ1n) is 12.4. The molecule has 1 N–H and O–H groups in total. The molecule has 0 saturated carbocycles. The number of hydrogen-bond donors (Lipinski definition) is 1. The maximum atomic E-state index is 13.8. The second-order valence-corrected chi connectivity index (χ2v) is 9.89. The second kappa shape index (κ2) is 9.40. The van der Waals surface area contributed by atoms with Crippen LogP contribution in [0.1, 0.15) is 22.3 Å². The van der Waals surface area contributed by atoms with Gasteiger partial charge < -0.3 is 14.8 Å². The van der Waals surface area contributed by atoms with Gasteiger partial charge in [0.2, 0.25) is 0 Å². The Kier molecular flexibility index (Phi) is 5.96. The molecule has 6 rings (SSSR count). The van der Waals surface area contributed by atoms with E-state index in [-0.39, 0.29) is 11.9 Å². The highest BCUT2D eigenvalue weighted by atomic mass is 35.5. The van der Waals surface area contributed by atoms with E-state index in [9.17, 15) is 4.79 Å². The zero-order chi connectivity index (χ0) is 23.8. The van der Waals surface area contributed by atoms with E-state index in [1.54, 1.807) is 6.07 Å². The lowest BCUT2D eigenvalue weighted by molar-refractivity contribution is 0.0963. The minimum absolute atomic E-state index is 0.00878. The molecule has 2 aliphatic rings. The number of piperazine rings is 1. The van der Waals surface area contributed by atoms with Crippen LogP contribution >= 0.6 is 11.6 Å². The second-order valence-electron chi connectivity index (χ2n) is 9.48. The van der Waals surface area contributed by atoms with Crippen molar-refractivity contribution in [3.05, 3.63) is 95.1 Å². The monoisotopic (exact) mass is 484 g/mol. The van der Waals surface area contributed by atoms with Crippen molar-refractivity contribution in [1.82, 2.24) is 9.88 Å². The van der Waals surface area contributed by atoms with Crippen LogP contribution in [0.15, 0.2) is 79.0 Å². The molecule has 3 aromatic carbocycles. The first kappa shape index (κ1) is 22.2. The molecule has 35 heavy (non-hydrogen) atoms. The van der Waals surface area contributed by atoms with E-state index < -0.39 is 0 Å². The van der Waals surface area contributed by atoms with Gasteiger partial charge in [-0.3, -0.25) is 9.69 Å². The molecular weight excluding hydrogens is 456 g/mol. The molecule has 3 heterocycles. The molecular formula is C29H29ClN4O. The summed E-state index contributed by atoms with van der Waals surface area (Å²) in [6.07, 6.45) is 3.95. The van der Waals surface area contributed by atoms with Crippen molar-refractivity contribution >= 4 is 39.8 Å². The molecule has 6 heteroatoms. The predicted octanol–water partition coefficient (Wildman–Crippen LogP) is 5.61. The number of benzene rings is 3. The van der Waals surface area contributed by atoms with Crippen LogP contribution in [0.25, 0.3) is 10.9 Å². The SMILES string of the molecule is O=C(c1ccccc1Cl)N1c2ccccc2CCC1CN1CCN(c2cccc3[nH]ccc23)CC1. The van der Waals surface area contributed by atoms with Crippen LogP contribution in [0.4, 0.5) is 11.4 Å². The zero-order valence-corrected chi connectivity index (χ0v) is 20.4. The number of anilines is 2. The number of carbonyl (C=O) groups excluding carboxylic acids is 1. The highest BCUT2D eigenvalue weighted by Crippen LogP contribution is 2.34. The number of aromatic amines is 1. The molecule has 1 saturated heterocycles. The van der Waals surface area contributed by atoms with Crippen LogP contribution in [-0.2, 0) is 6.42 Å². The highest BCUT2D eigenvalue weighted by Gasteiger charge is 2.34. The predicted molar refractivity (Wildman–Crippen MR) is 144 cm³/mol. The van der Waals surface area contributed by atoms with Crippen LogP contribution in [-0.4, -0.2) is 54.6 Å². The number of nitrogens with zero attached hydrogens (tertiary/aromatic N) is 3. The molecule has 1 amide bonds. The van der Waals surface area contributed by atoms with E-state index in [4.69, 9.17) is 11.6 Å². The lowest BCUT2D eigenvalue weighted by Crippen LogP contribution is -2.54. The number of para-hydroxylation sites is 1. The third-order valence-corrected chi connectivity index (χ3v) is 7.77. The van der Waals surface area contributed by atoms with Crippen LogP contribution in [0.5, 0.6) is 0 Å². The summed E-state index contributed by atoms with van der Waals surface area (Å²) in [4.78, 5) is 24.1. The number of rotatable bonds is 4. The van der Waals surface area contributed by atoms with E-state index in [0.717, 1.165) is 51.3 Å². The van der Waals surface area contributed by atoms with Gasteiger partial charge in [-0.1, -0.05) is 48.0 Å². The van der Waals surface area contributed by atoms with E-state index in [1.807, 2.05) is 35.4 Å². The van der Waals surface area contributed by atoms with Crippen molar-refractivity contribution in [3.63, 3.8) is 0 Å². The molecule has 1 fully saturated rings. The highest BCUT2D eigenvalue weighted by molar-refractivity contribution is 6.34. The summed E-state index contributed by atoms with van der Waals surface area (Å²) in [5.74, 6) is -0.00878. The first-order chi connectivity index (χ1) is 17.2. The van der Waals surface area contributed by atoms with Crippen LogP contribution in [0.3, 0.4) is 0 Å². The number of aryl methyl sites for hydroxylation is 1. The summed E-state index contributed by atoms with van der Waals surface area (Å²) < 4.78 is 0. The van der Waals surface area contributed by atoms with Crippen molar-refractivity contribution in [2.45, 2.75) is 18.9 Å². The molecule has 2 aliphatic heterocycles. The Hall–Kier alpha value is -3.28. The molecule has 5 nitrogen and oxygen atoms in total.